The van der Waals surface area contributed by atoms with Gasteiger partial charge in [0.05, 0.1) is 13.7 Å². The molecule has 0 aliphatic heterocycles. The molecule has 0 aliphatic carbocycles. The summed E-state index contributed by atoms with van der Waals surface area (Å²) in [5, 5.41) is 8.84. The number of guanidine groups is 1. The van der Waals surface area contributed by atoms with Crippen LogP contribution in [0.2, 0.25) is 0 Å². The van der Waals surface area contributed by atoms with Gasteiger partial charge in [0.15, 0.2) is 5.96 Å². The van der Waals surface area contributed by atoms with Gasteiger partial charge in [-0.1, -0.05) is 25.1 Å². The molecule has 2 rings (SSSR count). The lowest BCUT2D eigenvalue weighted by molar-refractivity contribution is 0.414. The Morgan fingerprint density at radius 2 is 2.00 bits per heavy atom. The van der Waals surface area contributed by atoms with E-state index in [1.807, 2.05) is 24.3 Å². The van der Waals surface area contributed by atoms with E-state index in [0.29, 0.717) is 12.5 Å². The summed E-state index contributed by atoms with van der Waals surface area (Å²) in [6.45, 7) is 6.67. The normalized spacial score (nSPS) is 12.7. The summed E-state index contributed by atoms with van der Waals surface area (Å²) in [5.74, 6) is 2.19. The van der Waals surface area contributed by atoms with Crippen molar-refractivity contribution in [2.24, 2.45) is 4.99 Å². The molecule has 2 N–H and O–H groups in total. The summed E-state index contributed by atoms with van der Waals surface area (Å²) in [5.41, 5.74) is 1.16. The van der Waals surface area contributed by atoms with E-state index < -0.39 is 0 Å². The van der Waals surface area contributed by atoms with Gasteiger partial charge >= 0.3 is 0 Å². The first-order valence-corrected chi connectivity index (χ1v) is 8.79. The molecule has 0 bridgehead atoms. The molecule has 0 spiro atoms. The lowest BCUT2D eigenvalue weighted by atomic mass is 10.1. The second-order valence-electron chi connectivity index (χ2n) is 5.34. The van der Waals surface area contributed by atoms with Crippen molar-refractivity contribution in [3.8, 4) is 5.75 Å². The van der Waals surface area contributed by atoms with E-state index in [2.05, 4.69) is 47.0 Å². The molecular formula is C18H25N3OS. The van der Waals surface area contributed by atoms with Crippen molar-refractivity contribution in [2.45, 2.75) is 26.3 Å². The van der Waals surface area contributed by atoms with Crippen LogP contribution >= 0.6 is 11.3 Å². The average Bonchev–Trinajstić information content (AvgIpc) is 3.12. The smallest absolute Gasteiger partial charge is 0.191 e. The monoisotopic (exact) mass is 331 g/mol. The summed E-state index contributed by atoms with van der Waals surface area (Å²) < 4.78 is 5.17. The van der Waals surface area contributed by atoms with Gasteiger partial charge in [0, 0.05) is 23.9 Å². The van der Waals surface area contributed by atoms with Crippen molar-refractivity contribution in [3.05, 3.63) is 52.2 Å². The lowest BCUT2D eigenvalue weighted by Crippen LogP contribution is -2.39. The third kappa shape index (κ3) is 5.60. The summed E-state index contributed by atoms with van der Waals surface area (Å²) in [6.07, 6.45) is 0. The number of nitrogens with zero attached hydrogens (tertiary/aromatic N) is 1. The van der Waals surface area contributed by atoms with Gasteiger partial charge in [-0.05, 0) is 36.1 Å². The van der Waals surface area contributed by atoms with Crippen molar-refractivity contribution in [3.63, 3.8) is 0 Å². The molecule has 5 heteroatoms. The van der Waals surface area contributed by atoms with Crippen molar-refractivity contribution in [1.82, 2.24) is 10.6 Å². The molecule has 1 aromatic heterocycles. The predicted octanol–water partition coefficient (Wildman–Crippen LogP) is 3.62. The number of hydrogen-bond acceptors (Lipinski definition) is 3. The molecule has 0 amide bonds. The SMILES string of the molecule is CCNC(=NCc1ccc(OC)cc1)NCC(C)c1cccs1. The van der Waals surface area contributed by atoms with Crippen LogP contribution in [0.3, 0.4) is 0 Å². The first-order valence-electron chi connectivity index (χ1n) is 7.91. The Balaban J connectivity index is 1.90. The van der Waals surface area contributed by atoms with Crippen molar-refractivity contribution < 1.29 is 4.74 Å². The molecule has 1 heterocycles. The van der Waals surface area contributed by atoms with Gasteiger partial charge in [-0.15, -0.1) is 11.3 Å². The summed E-state index contributed by atoms with van der Waals surface area (Å²) in [7, 11) is 1.68. The second-order valence-corrected chi connectivity index (χ2v) is 6.32. The van der Waals surface area contributed by atoms with E-state index in [1.54, 1.807) is 18.4 Å². The third-order valence-electron chi connectivity index (χ3n) is 3.53. The summed E-state index contributed by atoms with van der Waals surface area (Å²) >= 11 is 1.80. The van der Waals surface area contributed by atoms with Gasteiger partial charge in [-0.2, -0.15) is 0 Å². The highest BCUT2D eigenvalue weighted by Gasteiger charge is 2.07. The fourth-order valence-corrected chi connectivity index (χ4v) is 2.95. The molecule has 0 radical (unpaired) electrons. The van der Waals surface area contributed by atoms with E-state index in [0.717, 1.165) is 30.4 Å². The Morgan fingerprint density at radius 3 is 2.61 bits per heavy atom. The molecule has 124 valence electrons. The number of rotatable bonds is 7. The Morgan fingerprint density at radius 1 is 1.22 bits per heavy atom. The number of methoxy groups -OCH3 is 1. The summed E-state index contributed by atoms with van der Waals surface area (Å²) in [6, 6.07) is 12.3. The van der Waals surface area contributed by atoms with Crippen LogP contribution in [-0.2, 0) is 6.54 Å². The molecule has 0 aliphatic rings. The molecule has 4 nitrogen and oxygen atoms in total. The first-order chi connectivity index (χ1) is 11.2. The number of nitrogens with one attached hydrogen (secondary N) is 2. The van der Waals surface area contributed by atoms with Crippen LogP contribution in [0.5, 0.6) is 5.75 Å². The molecule has 1 unspecified atom stereocenters. The maximum absolute atomic E-state index is 5.17. The van der Waals surface area contributed by atoms with Gasteiger partial charge in [-0.3, -0.25) is 0 Å². The van der Waals surface area contributed by atoms with E-state index >= 15 is 0 Å². The fourth-order valence-electron chi connectivity index (χ4n) is 2.17. The number of ether oxygens (including phenoxy) is 1. The third-order valence-corrected chi connectivity index (χ3v) is 4.63. The van der Waals surface area contributed by atoms with E-state index in [4.69, 9.17) is 4.74 Å². The molecule has 1 atom stereocenters. The van der Waals surface area contributed by atoms with E-state index in [9.17, 15) is 0 Å². The molecule has 0 saturated heterocycles. The zero-order valence-corrected chi connectivity index (χ0v) is 14.8. The number of thiophene rings is 1. The van der Waals surface area contributed by atoms with Crippen molar-refractivity contribution in [1.29, 1.82) is 0 Å². The Kier molecular flexibility index (Phi) is 6.94. The molecule has 0 fully saturated rings. The number of aliphatic imine (C=N–C) groups is 1. The van der Waals surface area contributed by atoms with Gasteiger partial charge in [0.25, 0.3) is 0 Å². The highest BCUT2D eigenvalue weighted by atomic mass is 32.1. The van der Waals surface area contributed by atoms with Crippen LogP contribution in [0.15, 0.2) is 46.8 Å². The van der Waals surface area contributed by atoms with Gasteiger partial charge < -0.3 is 15.4 Å². The minimum Gasteiger partial charge on any atom is -0.497 e. The van der Waals surface area contributed by atoms with Crippen LogP contribution in [0.25, 0.3) is 0 Å². The van der Waals surface area contributed by atoms with Crippen LogP contribution in [0.4, 0.5) is 0 Å². The molecule has 23 heavy (non-hydrogen) atoms. The largest absolute Gasteiger partial charge is 0.497 e. The highest BCUT2D eigenvalue weighted by molar-refractivity contribution is 7.10. The van der Waals surface area contributed by atoms with E-state index in [-0.39, 0.29) is 0 Å². The molecular weight excluding hydrogens is 306 g/mol. The maximum atomic E-state index is 5.17. The van der Waals surface area contributed by atoms with Crippen molar-refractivity contribution in [2.75, 3.05) is 20.2 Å². The zero-order valence-electron chi connectivity index (χ0n) is 14.0. The van der Waals surface area contributed by atoms with Gasteiger partial charge in [0.2, 0.25) is 0 Å². The quantitative estimate of drug-likeness (QED) is 0.602. The lowest BCUT2D eigenvalue weighted by Gasteiger charge is -2.15. The van der Waals surface area contributed by atoms with Crippen LogP contribution in [0.1, 0.15) is 30.2 Å². The second kappa shape index (κ2) is 9.20. The number of benzene rings is 1. The fraction of sp³-hybridized carbons (Fsp3) is 0.389. The van der Waals surface area contributed by atoms with E-state index in [1.165, 1.54) is 4.88 Å². The Bertz CT molecular complexity index is 593. The highest BCUT2D eigenvalue weighted by Crippen LogP contribution is 2.19. The summed E-state index contributed by atoms with van der Waals surface area (Å²) in [4.78, 5) is 6.04. The van der Waals surface area contributed by atoms with Crippen molar-refractivity contribution >= 4 is 17.3 Å². The van der Waals surface area contributed by atoms with Gasteiger partial charge in [0.1, 0.15) is 5.75 Å². The molecule has 0 saturated carbocycles. The zero-order chi connectivity index (χ0) is 16.5. The van der Waals surface area contributed by atoms with Gasteiger partial charge in [-0.25, -0.2) is 4.99 Å². The standard InChI is InChI=1S/C18H25N3OS/c1-4-19-18(20-12-14(2)17-6-5-11-23-17)21-13-15-7-9-16(22-3)10-8-15/h5-11,14H,4,12-13H2,1-3H3,(H2,19,20,21). The van der Waals surface area contributed by atoms with Crippen LogP contribution < -0.4 is 15.4 Å². The average molecular weight is 331 g/mol. The molecule has 2 aromatic rings. The first kappa shape index (κ1) is 17.3. The minimum absolute atomic E-state index is 0.472. The maximum Gasteiger partial charge on any atom is 0.191 e. The van der Waals surface area contributed by atoms with Crippen LogP contribution in [0, 0.1) is 0 Å². The minimum atomic E-state index is 0.472. The van der Waals surface area contributed by atoms with Crippen LogP contribution in [-0.4, -0.2) is 26.2 Å². The Hall–Kier alpha value is -2.01. The topological polar surface area (TPSA) is 45.7 Å². The predicted molar refractivity (Wildman–Crippen MR) is 98.5 cm³/mol. The Labute approximate surface area is 142 Å². The molecule has 1 aromatic carbocycles. The number of hydrogen-bond donors (Lipinski definition) is 2.